The Balaban J connectivity index is 1.93. The Morgan fingerprint density at radius 1 is 1.41 bits per heavy atom. The van der Waals surface area contributed by atoms with Gasteiger partial charge in [-0.2, -0.15) is 0 Å². The third-order valence-electron chi connectivity index (χ3n) is 3.95. The number of hydrogen-bond donors (Lipinski definition) is 1. The summed E-state index contributed by atoms with van der Waals surface area (Å²) in [5, 5.41) is 1.86. The van der Waals surface area contributed by atoms with Gasteiger partial charge in [0.05, 0.1) is 6.04 Å². The Morgan fingerprint density at radius 2 is 2.24 bits per heavy atom. The Bertz CT molecular complexity index is 444. The highest BCUT2D eigenvalue weighted by Crippen LogP contribution is 2.31. The number of rotatable bonds is 2. The second kappa shape index (κ2) is 4.15. The molecule has 1 aromatic carbocycles. The van der Waals surface area contributed by atoms with Crippen LogP contribution in [0, 0.1) is 5.92 Å². The van der Waals surface area contributed by atoms with Crippen molar-refractivity contribution in [2.75, 3.05) is 6.54 Å². The molecule has 0 aliphatic carbocycles. The van der Waals surface area contributed by atoms with E-state index in [1.165, 1.54) is 18.4 Å². The van der Waals surface area contributed by atoms with E-state index in [1.54, 1.807) is 0 Å². The van der Waals surface area contributed by atoms with Gasteiger partial charge in [0.2, 0.25) is 0 Å². The molecule has 2 aliphatic heterocycles. The molecule has 1 fully saturated rings. The monoisotopic (exact) mass is 230 g/mol. The van der Waals surface area contributed by atoms with Crippen LogP contribution in [0.3, 0.4) is 0 Å². The van der Waals surface area contributed by atoms with Crippen LogP contribution in [0.25, 0.3) is 0 Å². The van der Waals surface area contributed by atoms with Crippen LogP contribution >= 0.6 is 0 Å². The highest BCUT2D eigenvalue weighted by molar-refractivity contribution is 5.96. The van der Waals surface area contributed by atoms with Crippen LogP contribution in [-0.2, 0) is 6.42 Å². The molecular formula is C14H18N2O. The lowest BCUT2D eigenvalue weighted by Gasteiger charge is -2.32. The first-order chi connectivity index (χ1) is 8.31. The van der Waals surface area contributed by atoms with E-state index in [1.807, 2.05) is 23.2 Å². The summed E-state index contributed by atoms with van der Waals surface area (Å²) in [6.45, 7) is 3.15. The number of hydrogen-bond acceptors (Lipinski definition) is 2. The first-order valence-corrected chi connectivity index (χ1v) is 6.46. The average Bonchev–Trinajstić information content (AvgIpc) is 2.74. The number of benzene rings is 1. The van der Waals surface area contributed by atoms with Crippen molar-refractivity contribution in [3.05, 3.63) is 35.4 Å². The van der Waals surface area contributed by atoms with Crippen LogP contribution in [0.1, 0.15) is 35.7 Å². The minimum Gasteiger partial charge on any atom is -0.270 e. The second-order valence-electron chi connectivity index (χ2n) is 5.01. The van der Waals surface area contributed by atoms with E-state index in [0.717, 1.165) is 18.5 Å². The van der Waals surface area contributed by atoms with Gasteiger partial charge in [0, 0.05) is 12.1 Å². The highest BCUT2D eigenvalue weighted by Gasteiger charge is 2.40. The van der Waals surface area contributed by atoms with E-state index in [2.05, 4.69) is 18.4 Å². The van der Waals surface area contributed by atoms with Gasteiger partial charge in [0.25, 0.3) is 5.91 Å². The number of nitrogens with zero attached hydrogens (tertiary/aromatic N) is 1. The molecule has 90 valence electrons. The molecule has 1 N–H and O–H groups in total. The maximum absolute atomic E-state index is 12.3. The quantitative estimate of drug-likeness (QED) is 0.842. The number of carbonyl (C=O) groups is 1. The number of nitrogens with one attached hydrogen (secondary N) is 1. The summed E-state index contributed by atoms with van der Waals surface area (Å²) >= 11 is 0. The van der Waals surface area contributed by atoms with Gasteiger partial charge in [-0.3, -0.25) is 9.80 Å². The number of amides is 1. The molecule has 3 heteroatoms. The fraction of sp³-hybridized carbons (Fsp3) is 0.500. The molecule has 2 atom stereocenters. The van der Waals surface area contributed by atoms with Gasteiger partial charge < -0.3 is 0 Å². The lowest BCUT2D eigenvalue weighted by atomic mass is 9.86. The average molecular weight is 230 g/mol. The smallest absolute Gasteiger partial charge is 0.268 e. The van der Waals surface area contributed by atoms with Crippen LogP contribution in [0.5, 0.6) is 0 Å². The van der Waals surface area contributed by atoms with Crippen molar-refractivity contribution in [3.8, 4) is 0 Å². The van der Waals surface area contributed by atoms with E-state index >= 15 is 0 Å². The summed E-state index contributed by atoms with van der Waals surface area (Å²) in [6.07, 6.45) is 3.38. The molecule has 0 bridgehead atoms. The zero-order valence-electron chi connectivity index (χ0n) is 10.1. The SMILES string of the molecule is CCCC1CNN2C(=O)c3ccccc3CC12. The Kier molecular flexibility index (Phi) is 2.63. The third kappa shape index (κ3) is 1.65. The van der Waals surface area contributed by atoms with Gasteiger partial charge in [-0.1, -0.05) is 31.5 Å². The standard InChI is InChI=1S/C14H18N2O/c1-2-5-11-9-15-16-13(11)8-10-6-3-4-7-12(10)14(16)17/h3-4,6-7,11,13,15H,2,5,8-9H2,1H3. The number of hydrazine groups is 1. The van der Waals surface area contributed by atoms with Crippen LogP contribution in [0.15, 0.2) is 24.3 Å². The first-order valence-electron chi connectivity index (χ1n) is 6.46. The van der Waals surface area contributed by atoms with Gasteiger partial charge in [-0.05, 0) is 30.4 Å². The second-order valence-corrected chi connectivity index (χ2v) is 5.01. The summed E-state index contributed by atoms with van der Waals surface area (Å²) in [4.78, 5) is 12.3. The minimum absolute atomic E-state index is 0.149. The largest absolute Gasteiger partial charge is 0.270 e. The molecule has 2 unspecified atom stereocenters. The van der Waals surface area contributed by atoms with E-state index in [4.69, 9.17) is 0 Å². The Hall–Kier alpha value is -1.35. The molecule has 0 aromatic heterocycles. The zero-order valence-corrected chi connectivity index (χ0v) is 10.1. The van der Waals surface area contributed by atoms with Gasteiger partial charge in [0.15, 0.2) is 0 Å². The van der Waals surface area contributed by atoms with Crippen molar-refractivity contribution in [1.82, 2.24) is 10.4 Å². The van der Waals surface area contributed by atoms with Gasteiger partial charge >= 0.3 is 0 Å². The lowest BCUT2D eigenvalue weighted by Crippen LogP contribution is -2.47. The molecule has 3 nitrogen and oxygen atoms in total. The molecule has 3 rings (SSSR count). The van der Waals surface area contributed by atoms with Crippen molar-refractivity contribution in [3.63, 3.8) is 0 Å². The minimum atomic E-state index is 0.149. The maximum atomic E-state index is 12.3. The van der Waals surface area contributed by atoms with Gasteiger partial charge in [0.1, 0.15) is 0 Å². The molecule has 2 heterocycles. The van der Waals surface area contributed by atoms with Crippen molar-refractivity contribution in [2.45, 2.75) is 32.2 Å². The van der Waals surface area contributed by atoms with Crippen LogP contribution in [-0.4, -0.2) is 23.5 Å². The van der Waals surface area contributed by atoms with E-state index < -0.39 is 0 Å². The van der Waals surface area contributed by atoms with Crippen molar-refractivity contribution in [2.24, 2.45) is 5.92 Å². The molecule has 0 spiro atoms. The molecule has 0 radical (unpaired) electrons. The molecule has 1 amide bonds. The normalized spacial score (nSPS) is 26.9. The van der Waals surface area contributed by atoms with Crippen molar-refractivity contribution in [1.29, 1.82) is 0 Å². The molecule has 2 aliphatic rings. The lowest BCUT2D eigenvalue weighted by molar-refractivity contribution is 0.0603. The van der Waals surface area contributed by atoms with Crippen LogP contribution in [0.2, 0.25) is 0 Å². The van der Waals surface area contributed by atoms with Crippen molar-refractivity contribution >= 4 is 5.91 Å². The fourth-order valence-electron chi connectivity index (χ4n) is 3.09. The molecule has 1 saturated heterocycles. The van der Waals surface area contributed by atoms with E-state index in [-0.39, 0.29) is 5.91 Å². The Morgan fingerprint density at radius 3 is 3.06 bits per heavy atom. The number of fused-ring (bicyclic) bond motifs is 2. The summed E-state index contributed by atoms with van der Waals surface area (Å²) in [5.74, 6) is 0.757. The molecular weight excluding hydrogens is 212 g/mol. The predicted molar refractivity (Wildman–Crippen MR) is 66.5 cm³/mol. The molecule has 1 aromatic rings. The molecule has 17 heavy (non-hydrogen) atoms. The highest BCUT2D eigenvalue weighted by atomic mass is 16.2. The summed E-state index contributed by atoms with van der Waals surface area (Å²) < 4.78 is 0. The summed E-state index contributed by atoms with van der Waals surface area (Å²) in [7, 11) is 0. The summed E-state index contributed by atoms with van der Waals surface area (Å²) in [6, 6.07) is 8.35. The topological polar surface area (TPSA) is 32.3 Å². The maximum Gasteiger partial charge on any atom is 0.268 e. The van der Waals surface area contributed by atoms with Crippen LogP contribution < -0.4 is 5.43 Å². The van der Waals surface area contributed by atoms with E-state index in [0.29, 0.717) is 12.0 Å². The van der Waals surface area contributed by atoms with E-state index in [9.17, 15) is 4.79 Å². The summed E-state index contributed by atoms with van der Waals surface area (Å²) in [5.41, 5.74) is 5.35. The fourth-order valence-corrected chi connectivity index (χ4v) is 3.09. The third-order valence-corrected chi connectivity index (χ3v) is 3.95. The van der Waals surface area contributed by atoms with Crippen LogP contribution in [0.4, 0.5) is 0 Å². The van der Waals surface area contributed by atoms with Gasteiger partial charge in [-0.15, -0.1) is 0 Å². The predicted octanol–water partition coefficient (Wildman–Crippen LogP) is 1.99. The first kappa shape index (κ1) is 10.8. The molecule has 0 saturated carbocycles. The Labute approximate surface area is 102 Å². The zero-order chi connectivity index (χ0) is 11.8. The number of carbonyl (C=O) groups excluding carboxylic acids is 1. The van der Waals surface area contributed by atoms with Crippen molar-refractivity contribution < 1.29 is 4.79 Å². The van der Waals surface area contributed by atoms with Gasteiger partial charge in [-0.25, -0.2) is 5.43 Å².